The molecule has 1 saturated heterocycles. The molecule has 1 aliphatic rings. The second-order valence-corrected chi connectivity index (χ2v) is 7.27. The largest absolute Gasteiger partial charge is 0.497 e. The summed E-state index contributed by atoms with van der Waals surface area (Å²) in [7, 11) is 1.66. The molecule has 5 nitrogen and oxygen atoms in total. The van der Waals surface area contributed by atoms with Crippen LogP contribution in [0.25, 0.3) is 0 Å². The monoisotopic (exact) mass is 372 g/mol. The standard InChI is InChI=1S/C20H24N2O3S/c1-25-17-9-7-16(8-10-17)21-11-13-22(14-12-21)20(24)6-2-4-18(23)19-5-3-15-26-19/h3,5,7-10,15H,2,4,6,11-14H2,1H3. The number of hydrogen-bond donors (Lipinski definition) is 0. The maximum atomic E-state index is 12.4. The Morgan fingerprint density at radius 3 is 2.38 bits per heavy atom. The van der Waals surface area contributed by atoms with Crippen LogP contribution in [-0.2, 0) is 4.79 Å². The Morgan fingerprint density at radius 1 is 1.04 bits per heavy atom. The predicted molar refractivity (Wildman–Crippen MR) is 104 cm³/mol. The minimum Gasteiger partial charge on any atom is -0.497 e. The van der Waals surface area contributed by atoms with Gasteiger partial charge in [-0.15, -0.1) is 11.3 Å². The summed E-state index contributed by atoms with van der Waals surface area (Å²) in [5.74, 6) is 1.13. The molecule has 1 aliphatic heterocycles. The van der Waals surface area contributed by atoms with E-state index in [0.717, 1.165) is 42.5 Å². The van der Waals surface area contributed by atoms with Crippen LogP contribution in [0.3, 0.4) is 0 Å². The zero-order valence-electron chi connectivity index (χ0n) is 15.0. The fourth-order valence-electron chi connectivity index (χ4n) is 3.13. The maximum absolute atomic E-state index is 12.4. The van der Waals surface area contributed by atoms with Crippen molar-refractivity contribution in [1.29, 1.82) is 0 Å². The van der Waals surface area contributed by atoms with Gasteiger partial charge < -0.3 is 14.5 Å². The summed E-state index contributed by atoms with van der Waals surface area (Å²) in [5.41, 5.74) is 1.15. The molecule has 1 amide bonds. The second-order valence-electron chi connectivity index (χ2n) is 6.32. The summed E-state index contributed by atoms with van der Waals surface area (Å²) in [4.78, 5) is 29.3. The van der Waals surface area contributed by atoms with Gasteiger partial charge in [0.1, 0.15) is 5.75 Å². The molecule has 2 heterocycles. The highest BCUT2D eigenvalue weighted by Crippen LogP contribution is 2.21. The van der Waals surface area contributed by atoms with Gasteiger partial charge in [-0.1, -0.05) is 6.07 Å². The Labute approximate surface area is 158 Å². The van der Waals surface area contributed by atoms with Gasteiger partial charge in [0.2, 0.25) is 5.91 Å². The van der Waals surface area contributed by atoms with Gasteiger partial charge in [0.25, 0.3) is 0 Å². The van der Waals surface area contributed by atoms with Crippen molar-refractivity contribution in [2.24, 2.45) is 0 Å². The minimum atomic E-state index is 0.136. The molecule has 0 unspecified atom stereocenters. The highest BCUT2D eigenvalue weighted by Gasteiger charge is 2.21. The van der Waals surface area contributed by atoms with E-state index in [1.807, 2.05) is 46.7 Å². The molecule has 0 bridgehead atoms. The van der Waals surface area contributed by atoms with Crippen LogP contribution in [0.5, 0.6) is 5.75 Å². The third-order valence-corrected chi connectivity index (χ3v) is 5.57. The van der Waals surface area contributed by atoms with Gasteiger partial charge in [0.05, 0.1) is 12.0 Å². The summed E-state index contributed by atoms with van der Waals surface area (Å²) in [6.45, 7) is 3.10. The SMILES string of the molecule is COc1ccc(N2CCN(C(=O)CCCC(=O)c3cccs3)CC2)cc1. The van der Waals surface area contributed by atoms with Crippen molar-refractivity contribution in [2.45, 2.75) is 19.3 Å². The number of amides is 1. The number of ketones is 1. The Balaban J connectivity index is 1.41. The summed E-state index contributed by atoms with van der Waals surface area (Å²) in [5, 5.41) is 1.90. The third-order valence-electron chi connectivity index (χ3n) is 4.66. The summed E-state index contributed by atoms with van der Waals surface area (Å²) in [6.07, 6.45) is 1.51. The number of benzene rings is 1. The van der Waals surface area contributed by atoms with E-state index in [0.29, 0.717) is 19.3 Å². The van der Waals surface area contributed by atoms with Crippen molar-refractivity contribution in [2.75, 3.05) is 38.2 Å². The van der Waals surface area contributed by atoms with E-state index in [-0.39, 0.29) is 11.7 Å². The Morgan fingerprint density at radius 2 is 1.77 bits per heavy atom. The van der Waals surface area contributed by atoms with Gasteiger partial charge in [-0.3, -0.25) is 9.59 Å². The number of Topliss-reactive ketones (excluding diaryl/α,β-unsaturated/α-hetero) is 1. The highest BCUT2D eigenvalue weighted by molar-refractivity contribution is 7.12. The average molecular weight is 372 g/mol. The molecule has 2 aromatic rings. The molecular formula is C20H24N2O3S. The molecule has 0 N–H and O–H groups in total. The van der Waals surface area contributed by atoms with Crippen molar-refractivity contribution in [1.82, 2.24) is 4.90 Å². The van der Waals surface area contributed by atoms with E-state index in [1.165, 1.54) is 11.3 Å². The lowest BCUT2D eigenvalue weighted by atomic mass is 10.1. The first kappa shape index (κ1) is 18.5. The molecule has 1 fully saturated rings. The zero-order chi connectivity index (χ0) is 18.4. The summed E-state index contributed by atoms with van der Waals surface area (Å²) < 4.78 is 5.19. The molecule has 1 aromatic heterocycles. The van der Waals surface area contributed by atoms with E-state index >= 15 is 0 Å². The van der Waals surface area contributed by atoms with Crippen LogP contribution in [0.2, 0.25) is 0 Å². The van der Waals surface area contributed by atoms with Crippen LogP contribution in [0.15, 0.2) is 41.8 Å². The van der Waals surface area contributed by atoms with Gasteiger partial charge in [-0.05, 0) is 42.1 Å². The topological polar surface area (TPSA) is 49.9 Å². The van der Waals surface area contributed by atoms with Crippen molar-refractivity contribution in [3.05, 3.63) is 46.7 Å². The molecule has 26 heavy (non-hydrogen) atoms. The van der Waals surface area contributed by atoms with Gasteiger partial charge in [0, 0.05) is 44.7 Å². The zero-order valence-corrected chi connectivity index (χ0v) is 15.8. The molecule has 138 valence electrons. The number of nitrogens with zero attached hydrogens (tertiary/aromatic N) is 2. The number of carbonyl (C=O) groups is 2. The van der Waals surface area contributed by atoms with Gasteiger partial charge in [-0.2, -0.15) is 0 Å². The molecule has 0 radical (unpaired) electrons. The van der Waals surface area contributed by atoms with Crippen LogP contribution in [-0.4, -0.2) is 49.9 Å². The molecule has 6 heteroatoms. The van der Waals surface area contributed by atoms with Crippen LogP contribution in [0.4, 0.5) is 5.69 Å². The number of rotatable bonds is 7. The molecule has 0 atom stereocenters. The Hall–Kier alpha value is -2.34. The van der Waals surface area contributed by atoms with Gasteiger partial charge >= 0.3 is 0 Å². The molecule has 1 aromatic carbocycles. The van der Waals surface area contributed by atoms with Crippen LogP contribution < -0.4 is 9.64 Å². The van der Waals surface area contributed by atoms with E-state index in [4.69, 9.17) is 4.74 Å². The van der Waals surface area contributed by atoms with E-state index in [1.54, 1.807) is 7.11 Å². The van der Waals surface area contributed by atoms with Crippen LogP contribution in [0, 0.1) is 0 Å². The first-order valence-electron chi connectivity index (χ1n) is 8.91. The Kier molecular flexibility index (Phi) is 6.28. The predicted octanol–water partition coefficient (Wildman–Crippen LogP) is 3.46. The van der Waals surface area contributed by atoms with Crippen molar-refractivity contribution in [3.63, 3.8) is 0 Å². The van der Waals surface area contributed by atoms with Crippen molar-refractivity contribution in [3.8, 4) is 5.75 Å². The lowest BCUT2D eigenvalue weighted by Gasteiger charge is -2.36. The number of methoxy groups -OCH3 is 1. The van der Waals surface area contributed by atoms with E-state index < -0.39 is 0 Å². The minimum absolute atomic E-state index is 0.136. The molecule has 0 saturated carbocycles. The van der Waals surface area contributed by atoms with Gasteiger partial charge in [0.15, 0.2) is 5.78 Å². The summed E-state index contributed by atoms with van der Waals surface area (Å²) in [6, 6.07) is 11.7. The van der Waals surface area contributed by atoms with E-state index in [9.17, 15) is 9.59 Å². The number of piperazine rings is 1. The van der Waals surface area contributed by atoms with E-state index in [2.05, 4.69) is 4.90 Å². The number of ether oxygens (including phenoxy) is 1. The number of carbonyl (C=O) groups excluding carboxylic acids is 2. The number of hydrogen-bond acceptors (Lipinski definition) is 5. The third kappa shape index (κ3) is 4.64. The first-order valence-corrected chi connectivity index (χ1v) is 9.79. The fourth-order valence-corrected chi connectivity index (χ4v) is 3.82. The Bertz CT molecular complexity index is 720. The average Bonchev–Trinajstić information content (AvgIpc) is 3.23. The molecular weight excluding hydrogens is 348 g/mol. The lowest BCUT2D eigenvalue weighted by Crippen LogP contribution is -2.48. The number of anilines is 1. The highest BCUT2D eigenvalue weighted by atomic mass is 32.1. The summed E-state index contributed by atoms with van der Waals surface area (Å²) >= 11 is 1.46. The smallest absolute Gasteiger partial charge is 0.222 e. The maximum Gasteiger partial charge on any atom is 0.222 e. The van der Waals surface area contributed by atoms with Crippen molar-refractivity contribution >= 4 is 28.7 Å². The molecule has 0 spiro atoms. The molecule has 3 rings (SSSR count). The first-order chi connectivity index (χ1) is 12.7. The second kappa shape index (κ2) is 8.85. The van der Waals surface area contributed by atoms with Gasteiger partial charge in [-0.25, -0.2) is 0 Å². The van der Waals surface area contributed by atoms with Crippen molar-refractivity contribution < 1.29 is 14.3 Å². The number of thiophene rings is 1. The van der Waals surface area contributed by atoms with Crippen LogP contribution >= 0.6 is 11.3 Å². The van der Waals surface area contributed by atoms with Crippen LogP contribution in [0.1, 0.15) is 28.9 Å². The quantitative estimate of drug-likeness (QED) is 0.699. The lowest BCUT2D eigenvalue weighted by molar-refractivity contribution is -0.131. The molecule has 0 aliphatic carbocycles. The normalized spacial score (nSPS) is 14.3. The fraction of sp³-hybridized carbons (Fsp3) is 0.400.